The van der Waals surface area contributed by atoms with Crippen LogP contribution in [-0.4, -0.2) is 72.2 Å². The number of hydrogen-bond donors (Lipinski definition) is 1. The molecule has 2 saturated heterocycles. The zero-order chi connectivity index (χ0) is 27.6. The molecular weight excluding hydrogens is 515 g/mol. The number of benzene rings is 1. The van der Waals surface area contributed by atoms with Gasteiger partial charge in [-0.1, -0.05) is 12.1 Å². The van der Waals surface area contributed by atoms with E-state index < -0.39 is 17.7 Å². The molecule has 1 aromatic carbocycles. The van der Waals surface area contributed by atoms with E-state index in [1.165, 1.54) is 6.20 Å². The molecule has 208 valence electrons. The number of nitrogens with one attached hydrogen (secondary N) is 1. The average Bonchev–Trinajstić information content (AvgIpc) is 3.55. The number of H-pyrrole nitrogens is 1. The summed E-state index contributed by atoms with van der Waals surface area (Å²) in [5.41, 5.74) is 1.53. The highest BCUT2D eigenvalue weighted by molar-refractivity contribution is 5.73. The minimum atomic E-state index is -4.47. The van der Waals surface area contributed by atoms with Crippen LogP contribution in [0.25, 0.3) is 11.4 Å². The monoisotopic (exact) mass is 545 g/mol. The number of carbonyl (C=O) groups is 1. The summed E-state index contributed by atoms with van der Waals surface area (Å²) in [6.07, 6.45) is -2.23. The Balaban J connectivity index is 1.09. The van der Waals surface area contributed by atoms with Gasteiger partial charge in [-0.05, 0) is 43.7 Å². The predicted octanol–water partition coefficient (Wildman–Crippen LogP) is 4.05. The van der Waals surface area contributed by atoms with Gasteiger partial charge < -0.3 is 29.0 Å². The molecule has 0 spiro atoms. The van der Waals surface area contributed by atoms with Crippen LogP contribution in [0.4, 0.5) is 24.7 Å². The zero-order valence-electron chi connectivity index (χ0n) is 21.7. The maximum absolute atomic E-state index is 12.8. The number of piperazine rings is 1. The quantitative estimate of drug-likeness (QED) is 0.445. The molecule has 0 aliphatic carbocycles. The number of rotatable bonds is 7. The number of pyridine rings is 1. The Labute approximate surface area is 223 Å². The zero-order valence-corrected chi connectivity index (χ0v) is 21.7. The van der Waals surface area contributed by atoms with Crippen LogP contribution in [0.1, 0.15) is 25.1 Å². The molecule has 0 bridgehead atoms. The van der Waals surface area contributed by atoms with Crippen molar-refractivity contribution < 1.29 is 32.2 Å². The van der Waals surface area contributed by atoms with E-state index in [9.17, 15) is 18.0 Å². The van der Waals surface area contributed by atoms with Crippen molar-refractivity contribution in [1.29, 1.82) is 0 Å². The first-order chi connectivity index (χ1) is 18.6. The van der Waals surface area contributed by atoms with E-state index >= 15 is 0 Å². The van der Waals surface area contributed by atoms with E-state index in [1.54, 1.807) is 12.1 Å². The van der Waals surface area contributed by atoms with E-state index in [2.05, 4.69) is 24.8 Å². The van der Waals surface area contributed by atoms with Crippen LogP contribution in [0.3, 0.4) is 0 Å². The molecule has 1 N–H and O–H groups in total. The standard InChI is InChI=1S/C27H30F3N5O4/c1-26(2)38-17-21(39-26)16-37-24(36)13-18-3-6-20(7-4-18)34-9-11-35(12-10-34)23-8-5-19(14-31-23)25-32-15-22(33-25)27(28,29)30/h3-8,14-15,21H,9-13,16-17H2,1-2H3,(H,32,33). The molecular formula is C27H30F3N5O4. The molecule has 2 aliphatic heterocycles. The Bertz CT molecular complexity index is 1270. The summed E-state index contributed by atoms with van der Waals surface area (Å²) in [7, 11) is 0. The van der Waals surface area contributed by atoms with Gasteiger partial charge in [0, 0.05) is 43.6 Å². The summed E-state index contributed by atoms with van der Waals surface area (Å²) in [5, 5.41) is 0. The number of anilines is 2. The van der Waals surface area contributed by atoms with Crippen LogP contribution in [-0.2, 0) is 31.6 Å². The molecule has 0 amide bonds. The van der Waals surface area contributed by atoms with Crippen molar-refractivity contribution in [2.45, 2.75) is 38.3 Å². The largest absolute Gasteiger partial charge is 0.463 e. The van der Waals surface area contributed by atoms with Crippen molar-refractivity contribution in [3.63, 3.8) is 0 Å². The number of carbonyl (C=O) groups excluding carboxylic acids is 1. The third-order valence-corrected chi connectivity index (χ3v) is 6.65. The second kappa shape index (κ2) is 10.9. The van der Waals surface area contributed by atoms with Gasteiger partial charge >= 0.3 is 12.1 Å². The summed E-state index contributed by atoms with van der Waals surface area (Å²) >= 11 is 0. The van der Waals surface area contributed by atoms with Gasteiger partial charge in [-0.2, -0.15) is 13.2 Å². The number of hydrogen-bond acceptors (Lipinski definition) is 8. The SMILES string of the molecule is CC1(C)OCC(COC(=O)Cc2ccc(N3CCN(c4ccc(-c5ncc(C(F)(F)F)[nH]5)cn4)CC3)cc2)O1. The molecule has 5 rings (SSSR count). The van der Waals surface area contributed by atoms with Gasteiger partial charge in [0.25, 0.3) is 0 Å². The van der Waals surface area contributed by atoms with Crippen molar-refractivity contribution in [1.82, 2.24) is 15.0 Å². The molecule has 12 heteroatoms. The second-order valence-electron chi connectivity index (χ2n) is 10.00. The fraction of sp³-hybridized carbons (Fsp3) is 0.444. The molecule has 2 aliphatic rings. The summed E-state index contributed by atoms with van der Waals surface area (Å²) in [4.78, 5) is 27.2. The number of aromatic nitrogens is 3. The minimum absolute atomic E-state index is 0.129. The normalized spacial score (nSPS) is 19.4. The number of halogens is 3. The van der Waals surface area contributed by atoms with Gasteiger partial charge in [-0.3, -0.25) is 4.79 Å². The number of ether oxygens (including phenoxy) is 3. The maximum Gasteiger partial charge on any atom is 0.432 e. The molecule has 9 nitrogen and oxygen atoms in total. The first kappa shape index (κ1) is 26.9. The average molecular weight is 546 g/mol. The van der Waals surface area contributed by atoms with E-state index in [1.807, 2.05) is 38.1 Å². The van der Waals surface area contributed by atoms with Crippen LogP contribution < -0.4 is 9.80 Å². The van der Waals surface area contributed by atoms with E-state index in [4.69, 9.17) is 14.2 Å². The lowest BCUT2D eigenvalue weighted by atomic mass is 10.1. The Morgan fingerprint density at radius 1 is 1.05 bits per heavy atom. The highest BCUT2D eigenvalue weighted by Crippen LogP contribution is 2.30. The molecule has 4 heterocycles. The highest BCUT2D eigenvalue weighted by atomic mass is 19.4. The number of aromatic amines is 1. The lowest BCUT2D eigenvalue weighted by molar-refractivity contribution is -0.157. The topological polar surface area (TPSA) is 92.8 Å². The fourth-order valence-electron chi connectivity index (χ4n) is 4.59. The Hall–Kier alpha value is -3.64. The number of nitrogens with zero attached hydrogens (tertiary/aromatic N) is 4. The molecule has 3 aromatic rings. The summed E-state index contributed by atoms with van der Waals surface area (Å²) in [6, 6.07) is 11.4. The molecule has 39 heavy (non-hydrogen) atoms. The Morgan fingerprint density at radius 2 is 1.77 bits per heavy atom. The summed E-state index contributed by atoms with van der Waals surface area (Å²) in [5.74, 6) is -0.0685. The van der Waals surface area contributed by atoms with Crippen LogP contribution >= 0.6 is 0 Å². The van der Waals surface area contributed by atoms with Gasteiger partial charge in [0.1, 0.15) is 30.0 Å². The molecule has 0 saturated carbocycles. The van der Waals surface area contributed by atoms with Gasteiger partial charge in [0.05, 0.1) is 19.2 Å². The van der Waals surface area contributed by atoms with Crippen molar-refractivity contribution in [3.05, 3.63) is 60.0 Å². The van der Waals surface area contributed by atoms with Gasteiger partial charge in [0.15, 0.2) is 5.79 Å². The van der Waals surface area contributed by atoms with Crippen molar-refractivity contribution in [3.8, 4) is 11.4 Å². The maximum atomic E-state index is 12.8. The number of alkyl halides is 3. The van der Waals surface area contributed by atoms with Gasteiger partial charge in [0.2, 0.25) is 0 Å². The third kappa shape index (κ3) is 6.69. The summed E-state index contributed by atoms with van der Waals surface area (Å²) in [6.45, 7) is 7.26. The van der Waals surface area contributed by atoms with E-state index in [0.717, 1.165) is 49.4 Å². The number of esters is 1. The van der Waals surface area contributed by atoms with Crippen LogP contribution in [0.5, 0.6) is 0 Å². The molecule has 1 unspecified atom stereocenters. The third-order valence-electron chi connectivity index (χ3n) is 6.65. The van der Waals surface area contributed by atoms with Crippen LogP contribution in [0.2, 0.25) is 0 Å². The lowest BCUT2D eigenvalue weighted by Crippen LogP contribution is -2.46. The first-order valence-corrected chi connectivity index (χ1v) is 12.7. The van der Waals surface area contributed by atoms with Crippen LogP contribution in [0, 0.1) is 0 Å². The summed E-state index contributed by atoms with van der Waals surface area (Å²) < 4.78 is 54.9. The van der Waals surface area contributed by atoms with Crippen molar-refractivity contribution in [2.75, 3.05) is 49.2 Å². The second-order valence-corrected chi connectivity index (χ2v) is 10.00. The Kier molecular flexibility index (Phi) is 7.50. The molecule has 0 radical (unpaired) electrons. The fourth-order valence-corrected chi connectivity index (χ4v) is 4.59. The number of imidazole rings is 1. The van der Waals surface area contributed by atoms with E-state index in [0.29, 0.717) is 12.2 Å². The van der Waals surface area contributed by atoms with Gasteiger partial charge in [-0.25, -0.2) is 9.97 Å². The van der Waals surface area contributed by atoms with Crippen LogP contribution in [0.15, 0.2) is 48.8 Å². The van der Waals surface area contributed by atoms with Crippen molar-refractivity contribution >= 4 is 17.5 Å². The van der Waals surface area contributed by atoms with Gasteiger partial charge in [-0.15, -0.1) is 0 Å². The van der Waals surface area contributed by atoms with Crippen molar-refractivity contribution in [2.24, 2.45) is 0 Å². The Morgan fingerprint density at radius 3 is 2.36 bits per heavy atom. The first-order valence-electron chi connectivity index (χ1n) is 12.7. The molecule has 1 atom stereocenters. The highest BCUT2D eigenvalue weighted by Gasteiger charge is 2.34. The lowest BCUT2D eigenvalue weighted by Gasteiger charge is -2.36. The van der Waals surface area contributed by atoms with E-state index in [-0.39, 0.29) is 30.9 Å². The predicted molar refractivity (Wildman–Crippen MR) is 137 cm³/mol. The smallest absolute Gasteiger partial charge is 0.432 e. The molecule has 2 fully saturated rings. The minimum Gasteiger partial charge on any atom is -0.463 e. The molecule has 2 aromatic heterocycles.